The number of hydrogen-bond donors (Lipinski definition) is 1. The summed E-state index contributed by atoms with van der Waals surface area (Å²) >= 11 is 1.99. The van der Waals surface area contributed by atoms with Crippen LogP contribution in [-0.2, 0) is 5.75 Å². The van der Waals surface area contributed by atoms with Crippen LogP contribution in [0.3, 0.4) is 0 Å². The van der Waals surface area contributed by atoms with E-state index in [-0.39, 0.29) is 0 Å². The lowest BCUT2D eigenvalue weighted by Crippen LogP contribution is -2.13. The van der Waals surface area contributed by atoms with E-state index in [1.54, 1.807) is 0 Å². The van der Waals surface area contributed by atoms with E-state index in [1.807, 2.05) is 17.8 Å². The molecule has 1 unspecified atom stereocenters. The molecule has 2 heteroatoms. The molecular formula is C17H21NS. The first-order valence-electron chi connectivity index (χ1n) is 6.70. The monoisotopic (exact) mass is 271 g/mol. The first-order valence-corrected chi connectivity index (χ1v) is 7.75. The molecule has 2 aromatic carbocycles. The van der Waals surface area contributed by atoms with E-state index in [2.05, 4.69) is 67.7 Å². The van der Waals surface area contributed by atoms with E-state index in [4.69, 9.17) is 0 Å². The summed E-state index contributed by atoms with van der Waals surface area (Å²) in [5.74, 6) is 1.08. The molecule has 0 saturated carbocycles. The number of hydrogen-bond acceptors (Lipinski definition) is 2. The van der Waals surface area contributed by atoms with E-state index in [1.165, 1.54) is 16.8 Å². The van der Waals surface area contributed by atoms with Gasteiger partial charge in [0.2, 0.25) is 0 Å². The molecule has 0 aliphatic heterocycles. The van der Waals surface area contributed by atoms with Crippen LogP contribution in [0.1, 0.15) is 18.1 Å². The second-order valence-corrected chi connectivity index (χ2v) is 6.28. The highest BCUT2D eigenvalue weighted by Crippen LogP contribution is 2.19. The Morgan fingerprint density at radius 3 is 2.58 bits per heavy atom. The first-order chi connectivity index (χ1) is 9.24. The second-order valence-electron chi connectivity index (χ2n) is 4.86. The van der Waals surface area contributed by atoms with E-state index in [0.29, 0.717) is 5.25 Å². The Kier molecular flexibility index (Phi) is 5.34. The average molecular weight is 271 g/mol. The van der Waals surface area contributed by atoms with Crippen molar-refractivity contribution in [1.29, 1.82) is 0 Å². The van der Waals surface area contributed by atoms with Gasteiger partial charge in [0.1, 0.15) is 0 Å². The van der Waals surface area contributed by atoms with Gasteiger partial charge in [0.15, 0.2) is 0 Å². The van der Waals surface area contributed by atoms with Gasteiger partial charge in [-0.25, -0.2) is 0 Å². The predicted molar refractivity (Wildman–Crippen MR) is 86.9 cm³/mol. The number of rotatable bonds is 6. The molecule has 0 aliphatic carbocycles. The fourth-order valence-corrected chi connectivity index (χ4v) is 2.77. The normalized spacial score (nSPS) is 12.1. The molecule has 0 saturated heterocycles. The summed E-state index contributed by atoms with van der Waals surface area (Å²) in [7, 11) is 0. The summed E-state index contributed by atoms with van der Waals surface area (Å²) in [5.41, 5.74) is 3.95. The van der Waals surface area contributed by atoms with Gasteiger partial charge in [-0.3, -0.25) is 0 Å². The molecule has 0 heterocycles. The average Bonchev–Trinajstić information content (AvgIpc) is 2.44. The van der Waals surface area contributed by atoms with E-state index >= 15 is 0 Å². The smallest absolute Gasteiger partial charge is 0.0340 e. The lowest BCUT2D eigenvalue weighted by Gasteiger charge is -2.13. The van der Waals surface area contributed by atoms with Gasteiger partial charge >= 0.3 is 0 Å². The highest BCUT2D eigenvalue weighted by atomic mass is 32.2. The predicted octanol–water partition coefficient (Wildman–Crippen LogP) is 4.73. The van der Waals surface area contributed by atoms with Crippen molar-refractivity contribution in [3.8, 4) is 0 Å². The van der Waals surface area contributed by atoms with E-state index in [0.717, 1.165) is 12.3 Å². The Hall–Kier alpha value is -1.41. The maximum atomic E-state index is 3.47. The van der Waals surface area contributed by atoms with Crippen LogP contribution in [0.5, 0.6) is 0 Å². The molecule has 0 fully saturated rings. The van der Waals surface area contributed by atoms with Crippen LogP contribution in [0.2, 0.25) is 0 Å². The molecule has 2 rings (SSSR count). The maximum absolute atomic E-state index is 3.47. The standard InChI is InChI=1S/C17H21NS/c1-14-7-6-8-16(11-14)13-19-15(2)12-18-17-9-4-3-5-10-17/h3-11,15,18H,12-13H2,1-2H3. The summed E-state index contributed by atoms with van der Waals surface area (Å²) in [4.78, 5) is 0. The Morgan fingerprint density at radius 1 is 1.05 bits per heavy atom. The van der Waals surface area contributed by atoms with Crippen molar-refractivity contribution >= 4 is 17.4 Å². The molecule has 1 N–H and O–H groups in total. The van der Waals surface area contributed by atoms with Crippen LogP contribution in [0.4, 0.5) is 5.69 Å². The van der Waals surface area contributed by atoms with E-state index in [9.17, 15) is 0 Å². The number of para-hydroxylation sites is 1. The third-order valence-corrected chi connectivity index (χ3v) is 4.22. The number of aryl methyl sites for hydroxylation is 1. The Labute approximate surface area is 120 Å². The van der Waals surface area contributed by atoms with Crippen molar-refractivity contribution in [2.75, 3.05) is 11.9 Å². The fourth-order valence-electron chi connectivity index (χ4n) is 1.92. The minimum Gasteiger partial charge on any atom is -0.384 e. The zero-order valence-corrected chi connectivity index (χ0v) is 12.4. The van der Waals surface area contributed by atoms with Crippen molar-refractivity contribution in [3.63, 3.8) is 0 Å². The molecule has 2 aromatic rings. The largest absolute Gasteiger partial charge is 0.384 e. The molecule has 0 aliphatic rings. The maximum Gasteiger partial charge on any atom is 0.0340 e. The summed E-state index contributed by atoms with van der Waals surface area (Å²) in [6.07, 6.45) is 0. The van der Waals surface area contributed by atoms with Crippen molar-refractivity contribution < 1.29 is 0 Å². The van der Waals surface area contributed by atoms with Crippen LogP contribution in [-0.4, -0.2) is 11.8 Å². The van der Waals surface area contributed by atoms with Crippen LogP contribution in [0, 0.1) is 6.92 Å². The van der Waals surface area contributed by atoms with Crippen LogP contribution in [0.25, 0.3) is 0 Å². The van der Waals surface area contributed by atoms with Gasteiger partial charge in [-0.2, -0.15) is 11.8 Å². The molecule has 0 amide bonds. The second kappa shape index (κ2) is 7.25. The third kappa shape index (κ3) is 4.99. The summed E-state index contributed by atoms with van der Waals surface area (Å²) in [5, 5.41) is 4.07. The number of anilines is 1. The van der Waals surface area contributed by atoms with Gasteiger partial charge in [-0.05, 0) is 24.6 Å². The molecule has 0 spiro atoms. The third-order valence-electron chi connectivity index (χ3n) is 2.98. The van der Waals surface area contributed by atoms with Crippen molar-refractivity contribution in [2.45, 2.75) is 24.9 Å². The molecule has 19 heavy (non-hydrogen) atoms. The lowest BCUT2D eigenvalue weighted by atomic mass is 10.2. The van der Waals surface area contributed by atoms with Gasteiger partial charge in [-0.15, -0.1) is 0 Å². The minimum atomic E-state index is 0.598. The summed E-state index contributed by atoms with van der Waals surface area (Å²) in [6, 6.07) is 19.1. The zero-order chi connectivity index (χ0) is 13.5. The molecule has 0 bridgehead atoms. The highest BCUT2D eigenvalue weighted by Gasteiger charge is 2.03. The fraction of sp³-hybridized carbons (Fsp3) is 0.294. The van der Waals surface area contributed by atoms with Crippen LogP contribution >= 0.6 is 11.8 Å². The number of nitrogens with one attached hydrogen (secondary N) is 1. The molecular weight excluding hydrogens is 250 g/mol. The van der Waals surface area contributed by atoms with Gasteiger partial charge in [0, 0.05) is 23.2 Å². The van der Waals surface area contributed by atoms with Crippen molar-refractivity contribution in [1.82, 2.24) is 0 Å². The SMILES string of the molecule is Cc1cccc(CSC(C)CNc2ccccc2)c1. The number of benzene rings is 2. The molecule has 100 valence electrons. The number of thioether (sulfide) groups is 1. The van der Waals surface area contributed by atoms with Gasteiger partial charge < -0.3 is 5.32 Å². The Morgan fingerprint density at radius 2 is 1.84 bits per heavy atom. The van der Waals surface area contributed by atoms with E-state index < -0.39 is 0 Å². The van der Waals surface area contributed by atoms with Gasteiger partial charge in [0.25, 0.3) is 0 Å². The zero-order valence-electron chi connectivity index (χ0n) is 11.6. The van der Waals surface area contributed by atoms with Gasteiger partial charge in [0.05, 0.1) is 0 Å². The Bertz CT molecular complexity index is 496. The first kappa shape index (κ1) is 14.0. The molecule has 0 radical (unpaired) electrons. The van der Waals surface area contributed by atoms with Crippen molar-refractivity contribution in [2.24, 2.45) is 0 Å². The highest BCUT2D eigenvalue weighted by molar-refractivity contribution is 7.99. The minimum absolute atomic E-state index is 0.598. The Balaban J connectivity index is 1.74. The molecule has 1 nitrogen and oxygen atoms in total. The quantitative estimate of drug-likeness (QED) is 0.815. The topological polar surface area (TPSA) is 12.0 Å². The summed E-state index contributed by atoms with van der Waals surface area (Å²) in [6.45, 7) is 5.42. The lowest BCUT2D eigenvalue weighted by molar-refractivity contribution is 0.998. The molecule has 1 atom stereocenters. The van der Waals surface area contributed by atoms with Crippen LogP contribution < -0.4 is 5.32 Å². The molecule has 0 aromatic heterocycles. The van der Waals surface area contributed by atoms with Gasteiger partial charge in [-0.1, -0.05) is 55.0 Å². The summed E-state index contributed by atoms with van der Waals surface area (Å²) < 4.78 is 0. The van der Waals surface area contributed by atoms with Crippen molar-refractivity contribution in [3.05, 3.63) is 65.7 Å². The van der Waals surface area contributed by atoms with Crippen LogP contribution in [0.15, 0.2) is 54.6 Å².